The van der Waals surface area contributed by atoms with Gasteiger partial charge in [0.1, 0.15) is 0 Å². The van der Waals surface area contributed by atoms with Gasteiger partial charge in [-0.05, 0) is 26.2 Å². The van der Waals surface area contributed by atoms with Crippen LogP contribution in [-0.2, 0) is 4.74 Å². The number of ether oxygens (including phenoxy) is 1. The second-order valence-corrected chi connectivity index (χ2v) is 6.42. The van der Waals surface area contributed by atoms with E-state index in [0.29, 0.717) is 6.04 Å². The lowest BCUT2D eigenvalue weighted by Crippen LogP contribution is -2.55. The highest BCUT2D eigenvalue weighted by atomic mass is 16.5. The van der Waals surface area contributed by atoms with Crippen LogP contribution in [0.25, 0.3) is 0 Å². The van der Waals surface area contributed by atoms with E-state index in [9.17, 15) is 0 Å². The molecular formula is C16H35N3O. The van der Waals surface area contributed by atoms with E-state index in [1.165, 1.54) is 25.7 Å². The lowest BCUT2D eigenvalue weighted by Gasteiger charge is -2.39. The molecule has 0 aromatic carbocycles. The molecule has 0 bridgehead atoms. The van der Waals surface area contributed by atoms with Crippen LogP contribution in [0.4, 0.5) is 0 Å². The van der Waals surface area contributed by atoms with Gasteiger partial charge < -0.3 is 4.74 Å². The maximum atomic E-state index is 5.98. The highest BCUT2D eigenvalue weighted by Crippen LogP contribution is 2.22. The van der Waals surface area contributed by atoms with Gasteiger partial charge in [-0.25, -0.2) is 0 Å². The highest BCUT2D eigenvalue weighted by molar-refractivity contribution is 4.84. The summed E-state index contributed by atoms with van der Waals surface area (Å²) in [6, 6.07) is 0.861. The minimum Gasteiger partial charge on any atom is -0.374 e. The summed E-state index contributed by atoms with van der Waals surface area (Å²) in [5, 5.41) is 0. The van der Waals surface area contributed by atoms with E-state index in [1.54, 1.807) is 0 Å². The Hall–Kier alpha value is -0.160. The van der Waals surface area contributed by atoms with E-state index in [-0.39, 0.29) is 12.1 Å². The summed E-state index contributed by atoms with van der Waals surface area (Å²) in [5.41, 5.74) is 3.02. The number of hydrogen-bond donors (Lipinski definition) is 2. The average Bonchev–Trinajstić information content (AvgIpc) is 2.47. The molecule has 3 atom stereocenters. The zero-order valence-corrected chi connectivity index (χ0v) is 13.9. The topological polar surface area (TPSA) is 50.5 Å². The fourth-order valence-corrected chi connectivity index (χ4v) is 3.08. The number of rotatable bonds is 9. The molecule has 0 amide bonds. The van der Waals surface area contributed by atoms with Crippen LogP contribution in [0, 0.1) is 5.92 Å². The molecule has 1 saturated heterocycles. The maximum Gasteiger partial charge on any atom is 0.0868 e. The van der Waals surface area contributed by atoms with Gasteiger partial charge in [0.05, 0.1) is 12.7 Å². The van der Waals surface area contributed by atoms with Crippen molar-refractivity contribution in [2.75, 3.05) is 19.7 Å². The van der Waals surface area contributed by atoms with Crippen LogP contribution >= 0.6 is 0 Å². The number of hydrogen-bond acceptors (Lipinski definition) is 4. The Morgan fingerprint density at radius 3 is 2.65 bits per heavy atom. The fraction of sp³-hybridized carbons (Fsp3) is 1.00. The molecule has 0 saturated carbocycles. The van der Waals surface area contributed by atoms with Gasteiger partial charge in [0.2, 0.25) is 0 Å². The summed E-state index contributed by atoms with van der Waals surface area (Å²) in [7, 11) is 0. The fourth-order valence-electron chi connectivity index (χ4n) is 3.08. The number of nitrogens with one attached hydrogen (secondary N) is 1. The molecule has 0 aromatic heterocycles. The second-order valence-electron chi connectivity index (χ2n) is 6.42. The van der Waals surface area contributed by atoms with Crippen LogP contribution in [0.5, 0.6) is 0 Å². The molecule has 1 aliphatic rings. The molecule has 4 nitrogen and oxygen atoms in total. The first-order valence-electron chi connectivity index (χ1n) is 8.44. The molecule has 20 heavy (non-hydrogen) atoms. The molecule has 1 heterocycles. The quantitative estimate of drug-likeness (QED) is 0.505. The summed E-state index contributed by atoms with van der Waals surface area (Å²) in [5.74, 6) is 6.57. The summed E-state index contributed by atoms with van der Waals surface area (Å²) >= 11 is 0. The number of nitrogens with two attached hydrogens (primary N) is 1. The van der Waals surface area contributed by atoms with Gasteiger partial charge in [-0.15, -0.1) is 0 Å². The molecule has 3 unspecified atom stereocenters. The lowest BCUT2D eigenvalue weighted by atomic mass is 9.89. The molecule has 120 valence electrons. The maximum absolute atomic E-state index is 5.98. The summed E-state index contributed by atoms with van der Waals surface area (Å²) in [6.45, 7) is 11.9. The van der Waals surface area contributed by atoms with E-state index >= 15 is 0 Å². The molecule has 0 aromatic rings. The predicted molar refractivity (Wildman–Crippen MR) is 85.5 cm³/mol. The van der Waals surface area contributed by atoms with E-state index < -0.39 is 0 Å². The molecule has 1 fully saturated rings. The van der Waals surface area contributed by atoms with E-state index in [2.05, 4.69) is 38.0 Å². The first-order chi connectivity index (χ1) is 9.62. The van der Waals surface area contributed by atoms with Crippen LogP contribution in [0.1, 0.15) is 59.8 Å². The van der Waals surface area contributed by atoms with Crippen molar-refractivity contribution < 1.29 is 4.74 Å². The minimum absolute atomic E-state index is 0.229. The van der Waals surface area contributed by atoms with E-state index in [4.69, 9.17) is 10.6 Å². The van der Waals surface area contributed by atoms with Crippen LogP contribution in [-0.4, -0.2) is 42.8 Å². The third-order valence-corrected chi connectivity index (χ3v) is 4.65. The van der Waals surface area contributed by atoms with Gasteiger partial charge in [-0.1, -0.05) is 39.5 Å². The molecular weight excluding hydrogens is 250 g/mol. The summed E-state index contributed by atoms with van der Waals surface area (Å²) < 4.78 is 5.98. The van der Waals surface area contributed by atoms with Crippen molar-refractivity contribution in [3.05, 3.63) is 0 Å². The summed E-state index contributed by atoms with van der Waals surface area (Å²) in [6.07, 6.45) is 6.50. The Labute approximate surface area is 125 Å². The molecule has 1 aliphatic heterocycles. The normalized spacial score (nSPS) is 24.0. The van der Waals surface area contributed by atoms with Crippen LogP contribution in [0.3, 0.4) is 0 Å². The summed E-state index contributed by atoms with van der Waals surface area (Å²) in [4.78, 5) is 2.49. The molecule has 0 aliphatic carbocycles. The number of morpholine rings is 1. The molecule has 3 N–H and O–H groups in total. The van der Waals surface area contributed by atoms with Gasteiger partial charge in [-0.3, -0.25) is 16.2 Å². The van der Waals surface area contributed by atoms with Gasteiger partial charge in [0.15, 0.2) is 0 Å². The first-order valence-corrected chi connectivity index (χ1v) is 8.44. The smallest absolute Gasteiger partial charge is 0.0868 e. The minimum atomic E-state index is 0.229. The Kier molecular flexibility index (Phi) is 8.69. The Morgan fingerprint density at radius 2 is 2.10 bits per heavy atom. The molecule has 0 spiro atoms. The molecule has 0 radical (unpaired) electrons. The zero-order chi connectivity index (χ0) is 15.0. The number of nitrogens with zero attached hydrogens (tertiary/aromatic N) is 1. The van der Waals surface area contributed by atoms with Crippen molar-refractivity contribution in [3.8, 4) is 0 Å². The SMILES string of the molecule is CCCCC(CC)CC(NN)C1CN(C(C)C)CCO1. The van der Waals surface area contributed by atoms with Crippen molar-refractivity contribution in [2.45, 2.75) is 78.0 Å². The Bertz CT molecular complexity index is 248. The number of hydrazine groups is 1. The largest absolute Gasteiger partial charge is 0.374 e. The van der Waals surface area contributed by atoms with Crippen LogP contribution in [0.2, 0.25) is 0 Å². The predicted octanol–water partition coefficient (Wildman–Crippen LogP) is 2.53. The van der Waals surface area contributed by atoms with Gasteiger partial charge >= 0.3 is 0 Å². The van der Waals surface area contributed by atoms with Crippen LogP contribution in [0.15, 0.2) is 0 Å². The molecule has 4 heteroatoms. The van der Waals surface area contributed by atoms with Gasteiger partial charge in [-0.2, -0.15) is 0 Å². The standard InChI is InChI=1S/C16H35N3O/c1-5-7-8-14(6-2)11-15(18-17)16-12-19(13(3)4)9-10-20-16/h13-16,18H,5-12,17H2,1-4H3. The Balaban J connectivity index is 2.51. The van der Waals surface area contributed by atoms with Crippen molar-refractivity contribution in [1.29, 1.82) is 0 Å². The van der Waals surface area contributed by atoms with E-state index in [1.807, 2.05) is 0 Å². The monoisotopic (exact) mass is 285 g/mol. The number of unbranched alkanes of at least 4 members (excludes halogenated alkanes) is 1. The first kappa shape index (κ1) is 17.9. The third-order valence-electron chi connectivity index (χ3n) is 4.65. The van der Waals surface area contributed by atoms with Crippen molar-refractivity contribution in [2.24, 2.45) is 11.8 Å². The van der Waals surface area contributed by atoms with Crippen molar-refractivity contribution in [1.82, 2.24) is 10.3 Å². The third kappa shape index (κ3) is 5.68. The second kappa shape index (κ2) is 9.72. The molecule has 1 rings (SSSR count). The zero-order valence-electron chi connectivity index (χ0n) is 13.9. The van der Waals surface area contributed by atoms with Crippen LogP contribution < -0.4 is 11.3 Å². The Morgan fingerprint density at radius 1 is 1.35 bits per heavy atom. The van der Waals surface area contributed by atoms with Crippen molar-refractivity contribution in [3.63, 3.8) is 0 Å². The van der Waals surface area contributed by atoms with E-state index in [0.717, 1.165) is 32.0 Å². The van der Waals surface area contributed by atoms with Gasteiger partial charge in [0, 0.05) is 25.2 Å². The lowest BCUT2D eigenvalue weighted by molar-refractivity contribution is -0.0589. The van der Waals surface area contributed by atoms with Crippen molar-refractivity contribution >= 4 is 0 Å². The average molecular weight is 285 g/mol. The van der Waals surface area contributed by atoms with Gasteiger partial charge in [0.25, 0.3) is 0 Å². The highest BCUT2D eigenvalue weighted by Gasteiger charge is 2.29.